The molecule has 1 amide bonds. The summed E-state index contributed by atoms with van der Waals surface area (Å²) >= 11 is 0. The first-order chi connectivity index (χ1) is 9.61. The minimum absolute atomic E-state index is 0.218. The Labute approximate surface area is 116 Å². The lowest BCUT2D eigenvalue weighted by Crippen LogP contribution is -2.12. The van der Waals surface area contributed by atoms with E-state index in [2.05, 4.69) is 10.6 Å². The van der Waals surface area contributed by atoms with Crippen molar-refractivity contribution in [1.82, 2.24) is 0 Å². The van der Waals surface area contributed by atoms with Gasteiger partial charge in [0.25, 0.3) is 5.91 Å². The van der Waals surface area contributed by atoms with Crippen LogP contribution in [0.25, 0.3) is 0 Å². The summed E-state index contributed by atoms with van der Waals surface area (Å²) in [6.07, 6.45) is 0.926. The van der Waals surface area contributed by atoms with Crippen molar-refractivity contribution in [2.24, 2.45) is 0 Å². The van der Waals surface area contributed by atoms with E-state index in [1.807, 2.05) is 12.1 Å². The maximum absolute atomic E-state index is 13.3. The van der Waals surface area contributed by atoms with Crippen molar-refractivity contribution in [3.63, 3.8) is 0 Å². The summed E-state index contributed by atoms with van der Waals surface area (Å²) < 4.78 is 13.3. The zero-order valence-electron chi connectivity index (χ0n) is 11.2. The van der Waals surface area contributed by atoms with E-state index in [0.717, 1.165) is 29.8 Å². The maximum Gasteiger partial charge on any atom is 0.255 e. The van der Waals surface area contributed by atoms with Crippen molar-refractivity contribution in [3.05, 3.63) is 58.9 Å². The van der Waals surface area contributed by atoms with Crippen LogP contribution in [-0.4, -0.2) is 12.5 Å². The fourth-order valence-corrected chi connectivity index (χ4v) is 2.46. The number of fused-ring (bicyclic) bond motifs is 1. The van der Waals surface area contributed by atoms with Crippen LogP contribution in [0, 0.1) is 12.7 Å². The van der Waals surface area contributed by atoms with E-state index >= 15 is 0 Å². The number of nitrogens with one attached hydrogen (secondary N) is 2. The summed E-state index contributed by atoms with van der Waals surface area (Å²) in [6.45, 7) is 2.70. The topological polar surface area (TPSA) is 41.1 Å². The van der Waals surface area contributed by atoms with Gasteiger partial charge in [0.05, 0.1) is 0 Å². The van der Waals surface area contributed by atoms with Crippen LogP contribution >= 0.6 is 0 Å². The monoisotopic (exact) mass is 270 g/mol. The summed E-state index contributed by atoms with van der Waals surface area (Å²) in [5.74, 6) is -0.567. The minimum atomic E-state index is -0.349. The third-order valence-corrected chi connectivity index (χ3v) is 3.38. The Morgan fingerprint density at radius 3 is 2.90 bits per heavy atom. The van der Waals surface area contributed by atoms with E-state index in [0.29, 0.717) is 11.3 Å². The smallest absolute Gasteiger partial charge is 0.255 e. The molecule has 0 bridgehead atoms. The summed E-state index contributed by atoms with van der Waals surface area (Å²) in [5, 5.41) is 5.98. The molecule has 1 heterocycles. The lowest BCUT2D eigenvalue weighted by atomic mass is 10.1. The molecule has 0 atom stereocenters. The number of anilines is 2. The predicted octanol–water partition coefficient (Wildman–Crippen LogP) is 3.35. The molecule has 20 heavy (non-hydrogen) atoms. The van der Waals surface area contributed by atoms with Crippen LogP contribution in [0.5, 0.6) is 0 Å². The van der Waals surface area contributed by atoms with Crippen LogP contribution < -0.4 is 10.6 Å². The highest BCUT2D eigenvalue weighted by atomic mass is 19.1. The van der Waals surface area contributed by atoms with E-state index in [9.17, 15) is 9.18 Å². The third kappa shape index (κ3) is 2.50. The number of carbonyl (C=O) groups is 1. The fourth-order valence-electron chi connectivity index (χ4n) is 2.46. The van der Waals surface area contributed by atoms with Gasteiger partial charge >= 0.3 is 0 Å². The van der Waals surface area contributed by atoms with E-state index < -0.39 is 0 Å². The number of halogens is 1. The number of benzene rings is 2. The lowest BCUT2D eigenvalue weighted by molar-refractivity contribution is 0.102. The van der Waals surface area contributed by atoms with Crippen LogP contribution in [-0.2, 0) is 6.42 Å². The quantitative estimate of drug-likeness (QED) is 0.878. The molecule has 1 aliphatic heterocycles. The highest BCUT2D eigenvalue weighted by molar-refractivity contribution is 6.04. The van der Waals surface area contributed by atoms with Crippen molar-refractivity contribution < 1.29 is 9.18 Å². The van der Waals surface area contributed by atoms with E-state index in [1.54, 1.807) is 19.1 Å². The molecule has 0 aliphatic carbocycles. The largest absolute Gasteiger partial charge is 0.384 e. The highest BCUT2D eigenvalue weighted by Crippen LogP contribution is 2.23. The van der Waals surface area contributed by atoms with Gasteiger partial charge in [0.1, 0.15) is 5.82 Å². The highest BCUT2D eigenvalue weighted by Gasteiger charge is 2.13. The van der Waals surface area contributed by atoms with Gasteiger partial charge in [-0.25, -0.2) is 4.39 Å². The van der Waals surface area contributed by atoms with Crippen molar-refractivity contribution in [1.29, 1.82) is 0 Å². The Bertz CT molecular complexity index is 662. The molecule has 2 N–H and O–H groups in total. The zero-order valence-corrected chi connectivity index (χ0v) is 11.2. The number of amides is 1. The average Bonchev–Trinajstić information content (AvgIpc) is 2.84. The van der Waals surface area contributed by atoms with Gasteiger partial charge in [0.2, 0.25) is 0 Å². The molecule has 0 radical (unpaired) electrons. The van der Waals surface area contributed by atoms with Gasteiger partial charge in [-0.2, -0.15) is 0 Å². The lowest BCUT2D eigenvalue weighted by Gasteiger charge is -2.08. The van der Waals surface area contributed by atoms with Gasteiger partial charge in [-0.1, -0.05) is 0 Å². The SMILES string of the molecule is Cc1cc(F)cc(NC(=O)c2ccc3c(c2)CCN3)c1. The number of rotatable bonds is 2. The van der Waals surface area contributed by atoms with Crippen molar-refractivity contribution in [2.75, 3.05) is 17.2 Å². The predicted molar refractivity (Wildman–Crippen MR) is 77.7 cm³/mol. The minimum Gasteiger partial charge on any atom is -0.384 e. The van der Waals surface area contributed by atoms with Crippen LogP contribution in [0.4, 0.5) is 15.8 Å². The number of hydrogen-bond donors (Lipinski definition) is 2. The second-order valence-corrected chi connectivity index (χ2v) is 5.02. The summed E-state index contributed by atoms with van der Waals surface area (Å²) in [4.78, 5) is 12.2. The Hall–Kier alpha value is -2.36. The van der Waals surface area contributed by atoms with Crippen LogP contribution in [0.3, 0.4) is 0 Å². The van der Waals surface area contributed by atoms with Crippen LogP contribution in [0.1, 0.15) is 21.5 Å². The number of hydrogen-bond acceptors (Lipinski definition) is 2. The molecule has 0 aromatic heterocycles. The fraction of sp³-hybridized carbons (Fsp3) is 0.188. The summed E-state index contributed by atoms with van der Waals surface area (Å²) in [6, 6.07) is 10.1. The first kappa shape index (κ1) is 12.7. The molecule has 0 fully saturated rings. The number of aryl methyl sites for hydroxylation is 1. The van der Waals surface area contributed by atoms with Crippen molar-refractivity contribution in [2.45, 2.75) is 13.3 Å². The Balaban J connectivity index is 1.82. The Morgan fingerprint density at radius 2 is 2.10 bits per heavy atom. The molecule has 0 spiro atoms. The zero-order chi connectivity index (χ0) is 14.1. The molecule has 0 unspecified atom stereocenters. The Morgan fingerprint density at radius 1 is 1.25 bits per heavy atom. The van der Waals surface area contributed by atoms with Gasteiger partial charge in [0.15, 0.2) is 0 Å². The second kappa shape index (κ2) is 4.96. The van der Waals surface area contributed by atoms with Gasteiger partial charge < -0.3 is 10.6 Å². The van der Waals surface area contributed by atoms with Gasteiger partial charge in [-0.15, -0.1) is 0 Å². The molecular formula is C16H15FN2O. The molecule has 0 saturated heterocycles. The molecule has 4 heteroatoms. The summed E-state index contributed by atoms with van der Waals surface area (Å²) in [7, 11) is 0. The number of carbonyl (C=O) groups excluding carboxylic acids is 1. The molecule has 2 aromatic carbocycles. The van der Waals surface area contributed by atoms with Gasteiger partial charge in [0, 0.05) is 23.5 Å². The molecular weight excluding hydrogens is 255 g/mol. The van der Waals surface area contributed by atoms with E-state index in [4.69, 9.17) is 0 Å². The normalized spacial score (nSPS) is 12.7. The molecule has 3 nitrogen and oxygen atoms in total. The van der Waals surface area contributed by atoms with Gasteiger partial charge in [-0.05, 0) is 60.9 Å². The average molecular weight is 270 g/mol. The maximum atomic E-state index is 13.3. The molecule has 2 aromatic rings. The molecule has 102 valence electrons. The Kier molecular flexibility index (Phi) is 3.14. The third-order valence-electron chi connectivity index (χ3n) is 3.38. The second-order valence-electron chi connectivity index (χ2n) is 5.02. The first-order valence-electron chi connectivity index (χ1n) is 6.57. The molecule has 3 rings (SSSR count). The van der Waals surface area contributed by atoms with Crippen molar-refractivity contribution in [3.8, 4) is 0 Å². The van der Waals surface area contributed by atoms with E-state index in [1.165, 1.54) is 12.1 Å². The summed E-state index contributed by atoms with van der Waals surface area (Å²) in [5.41, 5.74) is 4.08. The van der Waals surface area contributed by atoms with Gasteiger partial charge in [-0.3, -0.25) is 4.79 Å². The van der Waals surface area contributed by atoms with Crippen LogP contribution in [0.2, 0.25) is 0 Å². The standard InChI is InChI=1S/C16H15FN2O/c1-10-6-13(17)9-14(7-10)19-16(20)12-2-3-15-11(8-12)4-5-18-15/h2-3,6-9,18H,4-5H2,1H3,(H,19,20). The first-order valence-corrected chi connectivity index (χ1v) is 6.57. The van der Waals surface area contributed by atoms with E-state index in [-0.39, 0.29) is 11.7 Å². The molecule has 0 saturated carbocycles. The molecule has 1 aliphatic rings. The van der Waals surface area contributed by atoms with Crippen molar-refractivity contribution >= 4 is 17.3 Å². The van der Waals surface area contributed by atoms with Crippen LogP contribution in [0.15, 0.2) is 36.4 Å².